The van der Waals surface area contributed by atoms with Crippen LogP contribution >= 0.6 is 0 Å². The lowest BCUT2D eigenvalue weighted by Crippen LogP contribution is -1.97. The van der Waals surface area contributed by atoms with Crippen molar-refractivity contribution in [1.29, 1.82) is 0 Å². The van der Waals surface area contributed by atoms with Crippen molar-refractivity contribution in [2.45, 2.75) is 33.1 Å². The molecule has 0 radical (unpaired) electrons. The van der Waals surface area contributed by atoms with Crippen molar-refractivity contribution in [2.75, 3.05) is 0 Å². The molecule has 1 aliphatic carbocycles. The van der Waals surface area contributed by atoms with Crippen LogP contribution in [0.1, 0.15) is 38.7 Å². The first-order valence-electron chi connectivity index (χ1n) is 5.76. The monoisotopic (exact) mass is 200 g/mol. The highest BCUT2D eigenvalue weighted by atomic mass is 14.1. The summed E-state index contributed by atoms with van der Waals surface area (Å²) in [6.07, 6.45) is 7.93. The summed E-state index contributed by atoms with van der Waals surface area (Å²) >= 11 is 0. The SMILES string of the molecule is CC.CC1=CC(c2ccccc2)CC=C1. The zero-order valence-electron chi connectivity index (χ0n) is 9.90. The number of hydrogen-bond donors (Lipinski definition) is 0. The Kier molecular flexibility index (Phi) is 4.89. The molecule has 1 aromatic rings. The van der Waals surface area contributed by atoms with Gasteiger partial charge in [0, 0.05) is 5.92 Å². The van der Waals surface area contributed by atoms with Gasteiger partial charge >= 0.3 is 0 Å². The summed E-state index contributed by atoms with van der Waals surface area (Å²) in [4.78, 5) is 0. The second kappa shape index (κ2) is 6.23. The first kappa shape index (κ1) is 11.8. The van der Waals surface area contributed by atoms with E-state index in [9.17, 15) is 0 Å². The molecule has 0 fully saturated rings. The van der Waals surface area contributed by atoms with E-state index in [4.69, 9.17) is 0 Å². The van der Waals surface area contributed by atoms with Crippen LogP contribution in [0.2, 0.25) is 0 Å². The van der Waals surface area contributed by atoms with E-state index >= 15 is 0 Å². The minimum absolute atomic E-state index is 0.589. The van der Waals surface area contributed by atoms with Crippen molar-refractivity contribution in [3.8, 4) is 0 Å². The Morgan fingerprint density at radius 1 is 1.07 bits per heavy atom. The molecule has 0 N–H and O–H groups in total. The van der Waals surface area contributed by atoms with Crippen LogP contribution in [0.15, 0.2) is 54.1 Å². The number of allylic oxidation sites excluding steroid dienone is 4. The van der Waals surface area contributed by atoms with E-state index < -0.39 is 0 Å². The highest BCUT2D eigenvalue weighted by molar-refractivity contribution is 5.32. The molecular weight excluding hydrogens is 180 g/mol. The molecule has 80 valence electrons. The molecule has 0 saturated carbocycles. The normalized spacial score (nSPS) is 18.9. The lowest BCUT2D eigenvalue weighted by atomic mass is 9.90. The fraction of sp³-hybridized carbons (Fsp3) is 0.333. The van der Waals surface area contributed by atoms with Crippen molar-refractivity contribution in [3.63, 3.8) is 0 Å². The zero-order chi connectivity index (χ0) is 11.1. The van der Waals surface area contributed by atoms with Crippen LogP contribution < -0.4 is 0 Å². The van der Waals surface area contributed by atoms with Crippen molar-refractivity contribution in [2.24, 2.45) is 0 Å². The summed E-state index contributed by atoms with van der Waals surface area (Å²) in [7, 11) is 0. The van der Waals surface area contributed by atoms with Crippen molar-refractivity contribution in [1.82, 2.24) is 0 Å². The van der Waals surface area contributed by atoms with Crippen molar-refractivity contribution < 1.29 is 0 Å². The van der Waals surface area contributed by atoms with Gasteiger partial charge in [0.1, 0.15) is 0 Å². The molecule has 1 aromatic carbocycles. The van der Waals surface area contributed by atoms with Gasteiger partial charge in [-0.3, -0.25) is 0 Å². The van der Waals surface area contributed by atoms with E-state index in [1.165, 1.54) is 11.1 Å². The molecule has 0 aromatic heterocycles. The third kappa shape index (κ3) is 3.39. The minimum atomic E-state index is 0.589. The summed E-state index contributed by atoms with van der Waals surface area (Å²) in [5, 5.41) is 0. The van der Waals surface area contributed by atoms with Crippen LogP contribution in [-0.4, -0.2) is 0 Å². The van der Waals surface area contributed by atoms with Gasteiger partial charge in [0.15, 0.2) is 0 Å². The topological polar surface area (TPSA) is 0 Å². The van der Waals surface area contributed by atoms with Gasteiger partial charge < -0.3 is 0 Å². The molecule has 0 spiro atoms. The molecule has 0 bridgehead atoms. The number of benzene rings is 1. The third-order valence-corrected chi connectivity index (χ3v) is 2.46. The van der Waals surface area contributed by atoms with Crippen LogP contribution in [0.25, 0.3) is 0 Å². The van der Waals surface area contributed by atoms with E-state index in [2.05, 4.69) is 55.5 Å². The Labute approximate surface area is 93.3 Å². The fourth-order valence-corrected chi connectivity index (χ4v) is 1.77. The van der Waals surface area contributed by atoms with Gasteiger partial charge in [-0.1, -0.05) is 68.0 Å². The molecule has 1 aliphatic rings. The van der Waals surface area contributed by atoms with Gasteiger partial charge in [-0.15, -0.1) is 0 Å². The zero-order valence-corrected chi connectivity index (χ0v) is 9.90. The van der Waals surface area contributed by atoms with Crippen molar-refractivity contribution >= 4 is 0 Å². The summed E-state index contributed by atoms with van der Waals surface area (Å²) in [5.41, 5.74) is 2.80. The maximum atomic E-state index is 2.34. The van der Waals surface area contributed by atoms with E-state index in [1.54, 1.807) is 0 Å². The summed E-state index contributed by atoms with van der Waals surface area (Å²) in [6.45, 7) is 6.16. The molecule has 0 amide bonds. The van der Waals surface area contributed by atoms with Gasteiger partial charge in [-0.05, 0) is 18.9 Å². The minimum Gasteiger partial charge on any atom is -0.0834 e. The van der Waals surface area contributed by atoms with Gasteiger partial charge in [-0.2, -0.15) is 0 Å². The van der Waals surface area contributed by atoms with Gasteiger partial charge in [0.25, 0.3) is 0 Å². The molecular formula is C15H20. The first-order valence-corrected chi connectivity index (χ1v) is 5.76. The first-order chi connectivity index (χ1) is 7.36. The smallest absolute Gasteiger partial charge is 0.00583 e. The second-order valence-corrected chi connectivity index (χ2v) is 3.57. The lowest BCUT2D eigenvalue weighted by Gasteiger charge is -2.15. The highest BCUT2D eigenvalue weighted by Crippen LogP contribution is 2.26. The van der Waals surface area contributed by atoms with Crippen LogP contribution in [-0.2, 0) is 0 Å². The van der Waals surface area contributed by atoms with E-state index in [0.29, 0.717) is 5.92 Å². The Morgan fingerprint density at radius 2 is 1.73 bits per heavy atom. The maximum Gasteiger partial charge on any atom is 0.00583 e. The molecule has 0 heteroatoms. The quantitative estimate of drug-likeness (QED) is 0.616. The Bertz CT molecular complexity index is 330. The average molecular weight is 200 g/mol. The largest absolute Gasteiger partial charge is 0.0834 e. The second-order valence-electron chi connectivity index (χ2n) is 3.57. The molecule has 1 unspecified atom stereocenters. The van der Waals surface area contributed by atoms with Crippen molar-refractivity contribution in [3.05, 3.63) is 59.7 Å². The predicted octanol–water partition coefficient (Wildman–Crippen LogP) is 4.70. The van der Waals surface area contributed by atoms with Gasteiger partial charge in [0.2, 0.25) is 0 Å². The van der Waals surface area contributed by atoms with E-state index in [1.807, 2.05) is 13.8 Å². The maximum absolute atomic E-state index is 2.34. The van der Waals surface area contributed by atoms with Crippen LogP contribution in [0.4, 0.5) is 0 Å². The summed E-state index contributed by atoms with van der Waals surface area (Å²) in [6, 6.07) is 10.7. The van der Waals surface area contributed by atoms with Crippen LogP contribution in [0, 0.1) is 0 Å². The Morgan fingerprint density at radius 3 is 2.33 bits per heavy atom. The number of rotatable bonds is 1. The standard InChI is InChI=1S/C13H14.C2H6/c1-11-6-5-9-13(10-11)12-7-3-2-4-8-12;1-2/h2-8,10,13H,9H2,1H3;1-2H3. The summed E-state index contributed by atoms with van der Waals surface area (Å²) in [5.74, 6) is 0.589. The predicted molar refractivity (Wildman–Crippen MR) is 68.0 cm³/mol. The molecule has 0 saturated heterocycles. The van der Waals surface area contributed by atoms with Crippen LogP contribution in [0.3, 0.4) is 0 Å². The number of hydrogen-bond acceptors (Lipinski definition) is 0. The lowest BCUT2D eigenvalue weighted by molar-refractivity contribution is 0.843. The molecule has 0 heterocycles. The Balaban J connectivity index is 0.000000531. The van der Waals surface area contributed by atoms with Crippen LogP contribution in [0.5, 0.6) is 0 Å². The molecule has 2 rings (SSSR count). The third-order valence-electron chi connectivity index (χ3n) is 2.46. The molecule has 0 aliphatic heterocycles. The summed E-state index contributed by atoms with van der Waals surface area (Å²) < 4.78 is 0. The van der Waals surface area contributed by atoms with E-state index in [0.717, 1.165) is 6.42 Å². The fourth-order valence-electron chi connectivity index (χ4n) is 1.77. The Hall–Kier alpha value is -1.30. The van der Waals surface area contributed by atoms with E-state index in [-0.39, 0.29) is 0 Å². The molecule has 1 atom stereocenters. The van der Waals surface area contributed by atoms with Gasteiger partial charge in [0.05, 0.1) is 0 Å². The molecule has 15 heavy (non-hydrogen) atoms. The van der Waals surface area contributed by atoms with Gasteiger partial charge in [-0.25, -0.2) is 0 Å². The average Bonchev–Trinajstić information content (AvgIpc) is 2.33. The molecule has 0 nitrogen and oxygen atoms in total. The highest BCUT2D eigenvalue weighted by Gasteiger charge is 2.08.